The van der Waals surface area contributed by atoms with Crippen LogP contribution < -0.4 is 0 Å². The monoisotopic (exact) mass is 276 g/mol. The molecule has 0 N–H and O–H groups in total. The molecule has 0 bridgehead atoms. The molecule has 1 aromatic carbocycles. The van der Waals surface area contributed by atoms with E-state index in [2.05, 4.69) is 4.74 Å². The van der Waals surface area contributed by atoms with E-state index in [1.807, 2.05) is 0 Å². The summed E-state index contributed by atoms with van der Waals surface area (Å²) >= 11 is 0. The highest BCUT2D eigenvalue weighted by Crippen LogP contribution is 3.02. The quantitative estimate of drug-likeness (QED) is 0.604. The Labute approximate surface area is 94.1 Å². The van der Waals surface area contributed by atoms with Gasteiger partial charge in [0.25, 0.3) is 0 Å². The van der Waals surface area contributed by atoms with Crippen molar-refractivity contribution in [2.45, 2.75) is 18.4 Å². The molecule has 0 fully saturated rings. The molecular weight excluding hydrogens is 267 g/mol. The predicted molar refractivity (Wildman–Crippen MR) is 53.3 cm³/mol. The van der Waals surface area contributed by atoms with Gasteiger partial charge in [-0.25, -0.2) is 0 Å². The van der Waals surface area contributed by atoms with Gasteiger partial charge in [-0.3, -0.25) is 4.79 Å². The highest BCUT2D eigenvalue weighted by molar-refractivity contribution is 8.45. The van der Waals surface area contributed by atoms with Gasteiger partial charge >= 0.3 is 16.2 Å². The summed E-state index contributed by atoms with van der Waals surface area (Å²) in [6.07, 6.45) is 0. The number of hydrogen-bond acceptors (Lipinski definition) is 2. The first-order valence-corrected chi connectivity index (χ1v) is 6.30. The fraction of sp³-hybridized carbons (Fsp3) is 0.222. The Morgan fingerprint density at radius 1 is 1.12 bits per heavy atom. The molecule has 0 heterocycles. The van der Waals surface area contributed by atoms with E-state index < -0.39 is 21.1 Å². The molecule has 98 valence electrons. The summed E-state index contributed by atoms with van der Waals surface area (Å²) in [6.45, 7) is 0.874. The molecule has 17 heavy (non-hydrogen) atoms. The van der Waals surface area contributed by atoms with Crippen LogP contribution in [0, 0.1) is 0 Å². The first-order chi connectivity index (χ1) is 7.38. The standard InChI is InChI=1S/C9H9F5O2S/c1-7(15)16-6-8-2-4-9(5-3-8)17(10,11,12,13)14/h2-5H,6H2,1H3. The lowest BCUT2D eigenvalue weighted by atomic mass is 10.2. The van der Waals surface area contributed by atoms with Gasteiger partial charge in [0.1, 0.15) is 11.5 Å². The van der Waals surface area contributed by atoms with Crippen LogP contribution in [0.25, 0.3) is 0 Å². The molecule has 0 aliphatic rings. The summed E-state index contributed by atoms with van der Waals surface area (Å²) < 4.78 is 66.0. The molecule has 0 unspecified atom stereocenters. The second kappa shape index (κ2) is 3.34. The van der Waals surface area contributed by atoms with E-state index in [0.29, 0.717) is 0 Å². The third-order valence-electron chi connectivity index (χ3n) is 1.81. The van der Waals surface area contributed by atoms with Crippen LogP contribution in [-0.2, 0) is 16.1 Å². The third-order valence-corrected chi connectivity index (χ3v) is 2.97. The number of halogens is 5. The maximum absolute atomic E-state index is 12.3. The summed E-state index contributed by atoms with van der Waals surface area (Å²) in [6, 6.07) is 2.24. The Bertz CT molecular complexity index is 436. The van der Waals surface area contributed by atoms with Crippen molar-refractivity contribution < 1.29 is 29.0 Å². The van der Waals surface area contributed by atoms with Crippen LogP contribution in [0.1, 0.15) is 12.5 Å². The third kappa shape index (κ3) is 4.22. The van der Waals surface area contributed by atoms with Crippen molar-refractivity contribution >= 4 is 16.2 Å². The van der Waals surface area contributed by atoms with Gasteiger partial charge in [0.15, 0.2) is 0 Å². The molecule has 0 aliphatic heterocycles. The molecule has 0 spiro atoms. The second-order valence-corrected chi connectivity index (χ2v) is 5.80. The molecule has 1 aromatic rings. The lowest BCUT2D eigenvalue weighted by molar-refractivity contribution is -0.142. The predicted octanol–water partition coefficient (Wildman–Crippen LogP) is 4.41. The number of benzene rings is 1. The molecule has 1 rings (SSSR count). The van der Waals surface area contributed by atoms with Crippen molar-refractivity contribution in [3.8, 4) is 0 Å². The van der Waals surface area contributed by atoms with Gasteiger partial charge in [-0.2, -0.15) is 0 Å². The molecule has 0 amide bonds. The second-order valence-electron chi connectivity index (χ2n) is 3.39. The van der Waals surface area contributed by atoms with Crippen LogP contribution in [0.15, 0.2) is 29.2 Å². The molecule has 8 heteroatoms. The van der Waals surface area contributed by atoms with E-state index in [9.17, 15) is 24.2 Å². The van der Waals surface area contributed by atoms with Crippen molar-refractivity contribution in [2.75, 3.05) is 0 Å². The van der Waals surface area contributed by atoms with Gasteiger partial charge in [-0.15, -0.1) is 0 Å². The number of ether oxygens (including phenoxy) is 1. The van der Waals surface area contributed by atoms with Crippen molar-refractivity contribution in [1.29, 1.82) is 0 Å². The summed E-state index contributed by atoms with van der Waals surface area (Å²) in [7, 11) is -9.61. The number of hydrogen-bond donors (Lipinski definition) is 0. The van der Waals surface area contributed by atoms with Gasteiger partial charge in [0.2, 0.25) is 0 Å². The van der Waals surface area contributed by atoms with Crippen LogP contribution in [0.5, 0.6) is 0 Å². The first kappa shape index (κ1) is 13.8. The first-order valence-electron chi connectivity index (χ1n) is 4.35. The minimum Gasteiger partial charge on any atom is -0.461 e. The smallest absolute Gasteiger partial charge is 0.310 e. The summed E-state index contributed by atoms with van der Waals surface area (Å²) in [5.74, 6) is -0.609. The van der Waals surface area contributed by atoms with E-state index in [1.54, 1.807) is 0 Å². The molecule has 0 radical (unpaired) electrons. The topological polar surface area (TPSA) is 26.3 Å². The van der Waals surface area contributed by atoms with E-state index in [1.165, 1.54) is 0 Å². The van der Waals surface area contributed by atoms with Crippen molar-refractivity contribution in [3.63, 3.8) is 0 Å². The molecule has 0 saturated carbocycles. The van der Waals surface area contributed by atoms with E-state index >= 15 is 0 Å². The molecule has 0 aromatic heterocycles. The summed E-state index contributed by atoms with van der Waals surface area (Å²) in [4.78, 5) is 8.47. The number of carbonyl (C=O) groups excluding carboxylic acids is 1. The largest absolute Gasteiger partial charge is 0.461 e. The molecule has 2 nitrogen and oxygen atoms in total. The van der Waals surface area contributed by atoms with Crippen LogP contribution in [-0.4, -0.2) is 5.97 Å². The number of esters is 1. The molecular formula is C9H9F5O2S. The van der Waals surface area contributed by atoms with Gasteiger partial charge in [0.05, 0.1) is 0 Å². The Morgan fingerprint density at radius 2 is 1.59 bits per heavy atom. The van der Waals surface area contributed by atoms with Gasteiger partial charge in [0, 0.05) is 6.92 Å². The maximum Gasteiger partial charge on any atom is 0.310 e. The lowest BCUT2D eigenvalue weighted by Gasteiger charge is -2.40. The Balaban J connectivity index is 2.94. The zero-order valence-corrected chi connectivity index (χ0v) is 9.45. The minimum absolute atomic E-state index is 0.200. The van der Waals surface area contributed by atoms with Gasteiger partial charge in [-0.05, 0) is 17.7 Å². The number of rotatable bonds is 3. The van der Waals surface area contributed by atoms with Gasteiger partial charge < -0.3 is 4.74 Å². The maximum atomic E-state index is 12.3. The SMILES string of the molecule is CC(=O)OCc1ccc(S(F)(F)(F)(F)F)cc1. The summed E-state index contributed by atoms with van der Waals surface area (Å²) in [5, 5.41) is 0. The van der Waals surface area contributed by atoms with Crippen LogP contribution in [0.4, 0.5) is 19.4 Å². The van der Waals surface area contributed by atoms with Crippen molar-refractivity contribution in [1.82, 2.24) is 0 Å². The average Bonchev–Trinajstić information content (AvgIpc) is 2.12. The van der Waals surface area contributed by atoms with E-state index in [0.717, 1.165) is 19.1 Å². The van der Waals surface area contributed by atoms with E-state index in [4.69, 9.17) is 0 Å². The Kier molecular flexibility index (Phi) is 2.71. The normalized spacial score (nSPS) is 15.9. The zero-order valence-electron chi connectivity index (χ0n) is 8.63. The fourth-order valence-electron chi connectivity index (χ4n) is 1.03. The van der Waals surface area contributed by atoms with Crippen LogP contribution in [0.2, 0.25) is 0 Å². The Hall–Kier alpha value is -1.31. The van der Waals surface area contributed by atoms with Crippen molar-refractivity contribution in [3.05, 3.63) is 29.8 Å². The molecule has 0 saturated heterocycles. The van der Waals surface area contributed by atoms with Crippen LogP contribution >= 0.6 is 10.2 Å². The van der Waals surface area contributed by atoms with E-state index in [-0.39, 0.29) is 24.3 Å². The summed E-state index contributed by atoms with van der Waals surface area (Å²) in [5.41, 5.74) is 0.200. The van der Waals surface area contributed by atoms with Gasteiger partial charge in [-0.1, -0.05) is 31.6 Å². The van der Waals surface area contributed by atoms with Crippen molar-refractivity contribution in [2.24, 2.45) is 0 Å². The highest BCUT2D eigenvalue weighted by atomic mass is 32.5. The molecule has 0 atom stereocenters. The highest BCUT2D eigenvalue weighted by Gasteiger charge is 2.65. The molecule has 0 aliphatic carbocycles. The lowest BCUT2D eigenvalue weighted by Crippen LogP contribution is -2.06. The number of carbonyl (C=O) groups is 1. The minimum atomic E-state index is -9.61. The Morgan fingerprint density at radius 3 is 1.94 bits per heavy atom. The van der Waals surface area contributed by atoms with Crippen LogP contribution in [0.3, 0.4) is 0 Å². The fourth-order valence-corrected chi connectivity index (χ4v) is 1.68. The average molecular weight is 276 g/mol. The zero-order chi connectivity index (χ0) is 13.4.